The van der Waals surface area contributed by atoms with Gasteiger partial charge in [-0.1, -0.05) is 18.2 Å². The topological polar surface area (TPSA) is 48.0 Å². The van der Waals surface area contributed by atoms with Crippen LogP contribution in [0, 0.1) is 0 Å². The Morgan fingerprint density at radius 3 is 2.75 bits per heavy atom. The molecule has 0 aliphatic carbocycles. The second-order valence-corrected chi connectivity index (χ2v) is 2.62. The van der Waals surface area contributed by atoms with Crippen LogP contribution in [0.25, 0.3) is 10.8 Å². The number of benzene rings is 1. The molecule has 0 saturated heterocycles. The zero-order valence-corrected chi connectivity index (χ0v) is 6.40. The van der Waals surface area contributed by atoms with Gasteiger partial charge in [-0.15, -0.1) is 0 Å². The maximum Gasteiger partial charge on any atom is 0.276 e. The van der Waals surface area contributed by atoms with E-state index in [1.165, 1.54) is 0 Å². The van der Waals surface area contributed by atoms with Crippen molar-refractivity contribution in [2.75, 3.05) is 5.84 Å². The maximum atomic E-state index is 11.4. The molecule has 0 fully saturated rings. The van der Waals surface area contributed by atoms with Gasteiger partial charge < -0.3 is 5.84 Å². The molecule has 0 unspecified atom stereocenters. The van der Waals surface area contributed by atoms with E-state index in [4.69, 9.17) is 5.84 Å². The van der Waals surface area contributed by atoms with E-state index in [9.17, 15) is 4.79 Å². The van der Waals surface area contributed by atoms with Crippen molar-refractivity contribution in [1.82, 2.24) is 4.68 Å². The molecular weight excluding hydrogens is 152 g/mol. The Morgan fingerprint density at radius 1 is 1.17 bits per heavy atom. The number of nitrogens with zero attached hydrogens (tertiary/aromatic N) is 1. The summed E-state index contributed by atoms with van der Waals surface area (Å²) < 4.78 is 1.09. The van der Waals surface area contributed by atoms with Gasteiger partial charge in [0, 0.05) is 11.6 Å². The van der Waals surface area contributed by atoms with E-state index in [0.29, 0.717) is 5.39 Å². The average molecular weight is 160 g/mol. The van der Waals surface area contributed by atoms with E-state index in [1.807, 2.05) is 24.3 Å². The van der Waals surface area contributed by atoms with Gasteiger partial charge >= 0.3 is 0 Å². The summed E-state index contributed by atoms with van der Waals surface area (Å²) in [6.07, 6.45) is 1.56. The monoisotopic (exact) mass is 160 g/mol. The third-order valence-electron chi connectivity index (χ3n) is 1.84. The first-order valence-electron chi connectivity index (χ1n) is 3.64. The summed E-state index contributed by atoms with van der Waals surface area (Å²) in [5, 5.41) is 1.58. The van der Waals surface area contributed by atoms with E-state index in [1.54, 1.807) is 12.3 Å². The molecule has 1 heterocycles. The average Bonchev–Trinajstić information content (AvgIpc) is 2.12. The Labute approximate surface area is 69.0 Å². The zero-order valence-electron chi connectivity index (χ0n) is 6.40. The quantitative estimate of drug-likeness (QED) is 0.577. The lowest BCUT2D eigenvalue weighted by molar-refractivity contribution is 0.953. The third kappa shape index (κ3) is 0.871. The van der Waals surface area contributed by atoms with Gasteiger partial charge in [-0.3, -0.25) is 4.79 Å². The van der Waals surface area contributed by atoms with Crippen molar-refractivity contribution in [3.8, 4) is 0 Å². The molecule has 0 aliphatic heterocycles. The van der Waals surface area contributed by atoms with Gasteiger partial charge in [-0.2, -0.15) is 0 Å². The van der Waals surface area contributed by atoms with Gasteiger partial charge in [0.2, 0.25) is 0 Å². The minimum atomic E-state index is -0.159. The number of nitrogens with two attached hydrogens (primary N) is 1. The SMILES string of the molecule is Nn1ccc2ccccc2c1=O. The number of fused-ring (bicyclic) bond motifs is 1. The van der Waals surface area contributed by atoms with Crippen molar-refractivity contribution in [2.24, 2.45) is 0 Å². The normalized spacial score (nSPS) is 10.3. The maximum absolute atomic E-state index is 11.4. The largest absolute Gasteiger partial charge is 0.336 e. The Hall–Kier alpha value is -1.77. The van der Waals surface area contributed by atoms with Crippen molar-refractivity contribution in [3.05, 3.63) is 46.9 Å². The molecule has 3 nitrogen and oxygen atoms in total. The molecule has 0 amide bonds. The van der Waals surface area contributed by atoms with Crippen LogP contribution in [0.3, 0.4) is 0 Å². The highest BCUT2D eigenvalue weighted by molar-refractivity contribution is 5.81. The molecule has 0 atom stereocenters. The third-order valence-corrected chi connectivity index (χ3v) is 1.84. The molecule has 2 N–H and O–H groups in total. The zero-order chi connectivity index (χ0) is 8.55. The number of pyridine rings is 1. The summed E-state index contributed by atoms with van der Waals surface area (Å²) in [7, 11) is 0. The summed E-state index contributed by atoms with van der Waals surface area (Å²) in [5.41, 5.74) is -0.159. The molecule has 12 heavy (non-hydrogen) atoms. The molecule has 1 aromatic heterocycles. The molecule has 60 valence electrons. The fourth-order valence-corrected chi connectivity index (χ4v) is 1.20. The first kappa shape index (κ1) is 6.91. The van der Waals surface area contributed by atoms with E-state index in [-0.39, 0.29) is 5.56 Å². The summed E-state index contributed by atoms with van der Waals surface area (Å²) in [5.74, 6) is 5.39. The second kappa shape index (κ2) is 2.37. The van der Waals surface area contributed by atoms with Crippen molar-refractivity contribution >= 4 is 10.8 Å². The number of aromatic nitrogens is 1. The van der Waals surface area contributed by atoms with Gasteiger partial charge in [0.1, 0.15) is 0 Å². The fourth-order valence-electron chi connectivity index (χ4n) is 1.20. The number of hydrogen-bond donors (Lipinski definition) is 1. The Bertz CT molecular complexity index is 473. The summed E-state index contributed by atoms with van der Waals surface area (Å²) in [4.78, 5) is 11.4. The Kier molecular flexibility index (Phi) is 1.37. The predicted octanol–water partition coefficient (Wildman–Crippen LogP) is 0.715. The summed E-state index contributed by atoms with van der Waals surface area (Å²) in [6.45, 7) is 0. The van der Waals surface area contributed by atoms with Crippen LogP contribution in [0.1, 0.15) is 0 Å². The van der Waals surface area contributed by atoms with Crippen LogP contribution in [-0.4, -0.2) is 4.68 Å². The fraction of sp³-hybridized carbons (Fsp3) is 0. The van der Waals surface area contributed by atoms with Crippen LogP contribution in [0.15, 0.2) is 41.3 Å². The molecule has 2 aromatic rings. The molecule has 3 heteroatoms. The van der Waals surface area contributed by atoms with Crippen LogP contribution in [0.4, 0.5) is 0 Å². The first-order valence-corrected chi connectivity index (χ1v) is 3.64. The molecule has 1 aromatic carbocycles. The molecule has 2 rings (SSSR count). The summed E-state index contributed by atoms with van der Waals surface area (Å²) >= 11 is 0. The predicted molar refractivity (Wildman–Crippen MR) is 48.4 cm³/mol. The van der Waals surface area contributed by atoms with Crippen molar-refractivity contribution in [2.45, 2.75) is 0 Å². The molecule has 0 saturated carbocycles. The van der Waals surface area contributed by atoms with Crippen molar-refractivity contribution < 1.29 is 0 Å². The standard InChI is InChI=1S/C9H8N2O/c10-11-6-5-7-3-1-2-4-8(7)9(11)12/h1-6H,10H2. The lowest BCUT2D eigenvalue weighted by Crippen LogP contribution is -2.25. The van der Waals surface area contributed by atoms with Gasteiger partial charge in [-0.05, 0) is 17.5 Å². The Morgan fingerprint density at radius 2 is 1.92 bits per heavy atom. The van der Waals surface area contributed by atoms with Crippen LogP contribution < -0.4 is 11.4 Å². The van der Waals surface area contributed by atoms with Crippen LogP contribution in [0.2, 0.25) is 0 Å². The highest BCUT2D eigenvalue weighted by atomic mass is 16.1. The smallest absolute Gasteiger partial charge is 0.276 e. The number of nitrogen functional groups attached to an aromatic ring is 1. The molecular formula is C9H8N2O. The van der Waals surface area contributed by atoms with E-state index >= 15 is 0 Å². The highest BCUT2D eigenvalue weighted by Crippen LogP contribution is 2.06. The van der Waals surface area contributed by atoms with Crippen molar-refractivity contribution in [1.29, 1.82) is 0 Å². The lowest BCUT2D eigenvalue weighted by Gasteiger charge is -1.98. The van der Waals surface area contributed by atoms with E-state index in [2.05, 4.69) is 0 Å². The number of hydrogen-bond acceptors (Lipinski definition) is 2. The highest BCUT2D eigenvalue weighted by Gasteiger charge is 1.97. The van der Waals surface area contributed by atoms with E-state index in [0.717, 1.165) is 10.1 Å². The van der Waals surface area contributed by atoms with Gasteiger partial charge in [0.15, 0.2) is 0 Å². The molecule has 0 bridgehead atoms. The van der Waals surface area contributed by atoms with Crippen LogP contribution in [0.5, 0.6) is 0 Å². The minimum absolute atomic E-state index is 0.159. The number of rotatable bonds is 0. The molecule has 0 radical (unpaired) electrons. The van der Waals surface area contributed by atoms with Gasteiger partial charge in [-0.25, -0.2) is 4.68 Å². The molecule has 0 aliphatic rings. The lowest BCUT2D eigenvalue weighted by atomic mass is 10.2. The first-order chi connectivity index (χ1) is 5.79. The van der Waals surface area contributed by atoms with Crippen molar-refractivity contribution in [3.63, 3.8) is 0 Å². The van der Waals surface area contributed by atoms with Crippen LogP contribution in [-0.2, 0) is 0 Å². The summed E-state index contributed by atoms with van der Waals surface area (Å²) in [6, 6.07) is 9.18. The van der Waals surface area contributed by atoms with Gasteiger partial charge in [0.25, 0.3) is 5.56 Å². The van der Waals surface area contributed by atoms with E-state index < -0.39 is 0 Å². The minimum Gasteiger partial charge on any atom is -0.336 e. The Balaban J connectivity index is 3.01. The van der Waals surface area contributed by atoms with Crippen LogP contribution >= 0.6 is 0 Å². The van der Waals surface area contributed by atoms with Gasteiger partial charge in [0.05, 0.1) is 0 Å². The second-order valence-electron chi connectivity index (χ2n) is 2.62. The molecule has 0 spiro atoms.